The maximum atomic E-state index is 13.0. The van der Waals surface area contributed by atoms with Crippen molar-refractivity contribution >= 4 is 35.8 Å². The molecule has 7 nitrogen and oxygen atoms in total. The number of hydrogen-bond donors (Lipinski definition) is 4. The van der Waals surface area contributed by atoms with Crippen LogP contribution >= 0.6 is 24.0 Å². The molecule has 0 spiro atoms. The highest BCUT2D eigenvalue weighted by molar-refractivity contribution is 14.0. The molecule has 1 unspecified atom stereocenters. The monoisotopic (exact) mass is 541 g/mol. The van der Waals surface area contributed by atoms with Crippen LogP contribution in [0.2, 0.25) is 0 Å². The van der Waals surface area contributed by atoms with E-state index in [0.29, 0.717) is 30.6 Å². The van der Waals surface area contributed by atoms with Gasteiger partial charge in [-0.3, -0.25) is 0 Å². The minimum absolute atomic E-state index is 0. The number of aliphatic hydroxyl groups is 1. The van der Waals surface area contributed by atoms with Crippen molar-refractivity contribution in [1.29, 1.82) is 0 Å². The van der Waals surface area contributed by atoms with Gasteiger partial charge in [0.25, 0.3) is 0 Å². The van der Waals surface area contributed by atoms with E-state index in [9.17, 15) is 18.3 Å². The topological polar surface area (TPSA) is 94.7 Å². The van der Waals surface area contributed by atoms with Crippen molar-refractivity contribution in [3.8, 4) is 0 Å². The number of rotatable bonds is 8. The molecule has 11 heteroatoms. The molecule has 0 saturated heterocycles. The summed E-state index contributed by atoms with van der Waals surface area (Å²) in [6.45, 7) is 6.38. The Morgan fingerprint density at radius 1 is 1.20 bits per heavy atom. The molecule has 0 bridgehead atoms. The van der Waals surface area contributed by atoms with Crippen LogP contribution in [0.15, 0.2) is 39.9 Å². The van der Waals surface area contributed by atoms with Crippen LogP contribution in [0.25, 0.3) is 0 Å². The fourth-order valence-electron chi connectivity index (χ4n) is 2.51. The van der Waals surface area contributed by atoms with Gasteiger partial charge in [-0.2, -0.15) is 13.2 Å². The van der Waals surface area contributed by atoms with Gasteiger partial charge in [-0.05, 0) is 45.0 Å². The number of aryl methyl sites for hydroxylation is 1. The molecule has 0 fully saturated rings. The average molecular weight is 541 g/mol. The molecule has 0 saturated carbocycles. The highest BCUT2D eigenvalue weighted by Crippen LogP contribution is 2.33. The summed E-state index contributed by atoms with van der Waals surface area (Å²) in [5.74, 6) is 1.30. The lowest BCUT2D eigenvalue weighted by Crippen LogP contribution is -2.40. The number of anilines is 1. The Bertz CT molecular complexity index is 824. The smallest absolute Gasteiger partial charge is 0.419 e. The van der Waals surface area contributed by atoms with Gasteiger partial charge in [0.15, 0.2) is 5.96 Å². The lowest BCUT2D eigenvalue weighted by Gasteiger charge is -2.20. The number of nitrogens with zero attached hydrogens (tertiary/aromatic N) is 2. The molecule has 2 heterocycles. The number of nitrogens with one attached hydrogen (secondary N) is 3. The van der Waals surface area contributed by atoms with Gasteiger partial charge in [0.1, 0.15) is 22.9 Å². The van der Waals surface area contributed by atoms with E-state index < -0.39 is 17.3 Å². The fraction of sp³-hybridized carbons (Fsp3) is 0.474. The van der Waals surface area contributed by atoms with Gasteiger partial charge in [0.05, 0.1) is 12.1 Å². The van der Waals surface area contributed by atoms with Crippen LogP contribution in [0.1, 0.15) is 30.9 Å². The van der Waals surface area contributed by atoms with E-state index >= 15 is 0 Å². The van der Waals surface area contributed by atoms with E-state index in [1.54, 1.807) is 26.0 Å². The summed E-state index contributed by atoms with van der Waals surface area (Å²) in [6.07, 6.45) is -3.18. The number of halogens is 4. The number of guanidine groups is 1. The highest BCUT2D eigenvalue weighted by atomic mass is 127. The van der Waals surface area contributed by atoms with E-state index in [-0.39, 0.29) is 42.9 Å². The first-order valence-corrected chi connectivity index (χ1v) is 9.21. The third-order valence-electron chi connectivity index (χ3n) is 3.98. The normalized spacial score (nSPS) is 13.9. The van der Waals surface area contributed by atoms with Crippen LogP contribution in [0.4, 0.5) is 19.0 Å². The van der Waals surface area contributed by atoms with E-state index in [2.05, 4.69) is 25.9 Å². The van der Waals surface area contributed by atoms with E-state index in [0.717, 1.165) is 6.07 Å². The van der Waals surface area contributed by atoms with Gasteiger partial charge in [0.2, 0.25) is 0 Å². The number of alkyl halides is 3. The maximum Gasteiger partial charge on any atom is 0.419 e. The molecule has 4 N–H and O–H groups in total. The summed E-state index contributed by atoms with van der Waals surface area (Å²) in [6, 6.07) is 5.68. The summed E-state index contributed by atoms with van der Waals surface area (Å²) in [7, 11) is 0. The maximum absolute atomic E-state index is 13.0. The predicted molar refractivity (Wildman–Crippen MR) is 120 cm³/mol. The first-order valence-electron chi connectivity index (χ1n) is 9.21. The van der Waals surface area contributed by atoms with Crippen LogP contribution < -0.4 is 16.0 Å². The molecule has 0 aliphatic heterocycles. The lowest BCUT2D eigenvalue weighted by molar-refractivity contribution is -0.137. The Kier molecular flexibility index (Phi) is 9.88. The number of hydrogen-bond acceptors (Lipinski definition) is 5. The minimum Gasteiger partial charge on any atom is -0.463 e. The van der Waals surface area contributed by atoms with Crippen LogP contribution in [0, 0.1) is 6.92 Å². The Hall–Kier alpha value is -2.02. The van der Waals surface area contributed by atoms with Crippen molar-refractivity contribution in [2.45, 2.75) is 32.5 Å². The third-order valence-corrected chi connectivity index (χ3v) is 3.98. The Morgan fingerprint density at radius 2 is 1.93 bits per heavy atom. The second-order valence-electron chi connectivity index (χ2n) is 6.63. The summed E-state index contributed by atoms with van der Waals surface area (Å²) in [5, 5.41) is 19.3. The summed E-state index contributed by atoms with van der Waals surface area (Å²) >= 11 is 0. The zero-order valence-corrected chi connectivity index (χ0v) is 19.3. The predicted octanol–water partition coefficient (Wildman–Crippen LogP) is 3.49. The molecule has 0 aliphatic rings. The molecule has 0 aliphatic carbocycles. The summed E-state index contributed by atoms with van der Waals surface area (Å²) in [5.41, 5.74) is -2.10. The molecule has 2 rings (SSSR count). The van der Waals surface area contributed by atoms with Gasteiger partial charge in [-0.15, -0.1) is 24.0 Å². The molecule has 0 aromatic carbocycles. The molecule has 168 valence electrons. The second kappa shape index (κ2) is 11.4. The van der Waals surface area contributed by atoms with Crippen molar-refractivity contribution in [2.75, 3.05) is 31.5 Å². The minimum atomic E-state index is -4.48. The first kappa shape index (κ1) is 26.0. The van der Waals surface area contributed by atoms with Crippen molar-refractivity contribution in [3.05, 3.63) is 47.5 Å². The molecular weight excluding hydrogens is 514 g/mol. The number of aromatic nitrogens is 1. The van der Waals surface area contributed by atoms with Crippen molar-refractivity contribution in [3.63, 3.8) is 0 Å². The SMILES string of the molecule is CCNC(=NCC(C)(O)c1ccc(C)o1)NCCNc1ncccc1C(F)(F)F.I. The standard InChI is InChI=1S/C19H26F3N5O2.HI/c1-4-23-17(27-12-18(3,28)15-8-7-13(2)29-15)26-11-10-25-16-14(19(20,21)22)6-5-9-24-16;/h5-9,28H,4,10-12H2,1-3H3,(H,24,25)(H2,23,26,27);1H. The third kappa shape index (κ3) is 7.67. The zero-order valence-electron chi connectivity index (χ0n) is 17.0. The lowest BCUT2D eigenvalue weighted by atomic mass is 10.0. The molecule has 2 aromatic rings. The highest BCUT2D eigenvalue weighted by Gasteiger charge is 2.34. The average Bonchev–Trinajstić information content (AvgIpc) is 3.10. The molecular formula is C19H27F3IN5O2. The van der Waals surface area contributed by atoms with Crippen LogP contribution in [-0.2, 0) is 11.8 Å². The van der Waals surface area contributed by atoms with E-state index in [4.69, 9.17) is 4.42 Å². The van der Waals surface area contributed by atoms with Crippen molar-refractivity contribution in [1.82, 2.24) is 15.6 Å². The Morgan fingerprint density at radius 3 is 2.53 bits per heavy atom. The van der Waals surface area contributed by atoms with Gasteiger partial charge in [0, 0.05) is 25.8 Å². The molecule has 0 amide bonds. The number of pyridine rings is 1. The zero-order chi connectivity index (χ0) is 21.5. The van der Waals surface area contributed by atoms with Gasteiger partial charge < -0.3 is 25.5 Å². The molecule has 0 radical (unpaired) electrons. The summed E-state index contributed by atoms with van der Waals surface area (Å²) in [4.78, 5) is 8.09. The second-order valence-corrected chi connectivity index (χ2v) is 6.63. The van der Waals surface area contributed by atoms with E-state index in [1.165, 1.54) is 12.3 Å². The van der Waals surface area contributed by atoms with Crippen LogP contribution in [0.5, 0.6) is 0 Å². The van der Waals surface area contributed by atoms with E-state index in [1.807, 2.05) is 6.92 Å². The fourth-order valence-corrected chi connectivity index (χ4v) is 2.51. The Balaban J connectivity index is 0.00000450. The molecule has 2 aromatic heterocycles. The van der Waals surface area contributed by atoms with Crippen molar-refractivity contribution in [2.24, 2.45) is 4.99 Å². The number of aliphatic imine (C=N–C) groups is 1. The largest absolute Gasteiger partial charge is 0.463 e. The van der Waals surface area contributed by atoms with Gasteiger partial charge >= 0.3 is 6.18 Å². The molecule has 30 heavy (non-hydrogen) atoms. The Labute approximate surface area is 190 Å². The summed E-state index contributed by atoms with van der Waals surface area (Å²) < 4.78 is 44.4. The number of furan rings is 1. The quantitative estimate of drug-likeness (QED) is 0.177. The first-order chi connectivity index (χ1) is 13.6. The van der Waals surface area contributed by atoms with Crippen LogP contribution in [-0.4, -0.2) is 42.2 Å². The van der Waals surface area contributed by atoms with Crippen molar-refractivity contribution < 1.29 is 22.7 Å². The van der Waals surface area contributed by atoms with Gasteiger partial charge in [-0.25, -0.2) is 9.98 Å². The molecule has 1 atom stereocenters. The van der Waals surface area contributed by atoms with Gasteiger partial charge in [-0.1, -0.05) is 0 Å². The van der Waals surface area contributed by atoms with Crippen LogP contribution in [0.3, 0.4) is 0 Å².